The van der Waals surface area contributed by atoms with Gasteiger partial charge in [-0.3, -0.25) is 4.79 Å². The van der Waals surface area contributed by atoms with Gasteiger partial charge >= 0.3 is 0 Å². The minimum atomic E-state index is -0.272. The lowest BCUT2D eigenvalue weighted by Crippen LogP contribution is -2.20. The second-order valence-electron chi connectivity index (χ2n) is 5.99. The van der Waals surface area contributed by atoms with Gasteiger partial charge in [-0.2, -0.15) is 4.99 Å². The molecule has 0 aliphatic carbocycles. The Morgan fingerprint density at radius 3 is 2.96 bits per heavy atom. The fraction of sp³-hybridized carbons (Fsp3) is 0.250. The number of thiazole rings is 2. The molecule has 2 aromatic heterocycles. The SMILES string of the molecule is CCOCCn1c(=NC(=O)c2ccc3ncsc3c2)sc2cccc(OC)c21. The molecule has 144 valence electrons. The van der Waals surface area contributed by atoms with E-state index in [1.807, 2.05) is 41.8 Å². The highest BCUT2D eigenvalue weighted by Crippen LogP contribution is 2.27. The third-order valence-electron chi connectivity index (χ3n) is 4.32. The number of benzene rings is 2. The van der Waals surface area contributed by atoms with Gasteiger partial charge in [-0.25, -0.2) is 4.98 Å². The number of para-hydroxylation sites is 1. The lowest BCUT2D eigenvalue weighted by molar-refractivity contribution is 0.0996. The standard InChI is InChI=1S/C20H19N3O3S2/c1-3-26-10-9-23-18-15(25-2)5-4-6-16(18)28-20(23)22-19(24)13-7-8-14-17(11-13)27-12-21-14/h4-8,11-12H,3,9-10H2,1-2H3. The highest BCUT2D eigenvalue weighted by molar-refractivity contribution is 7.17. The first-order valence-corrected chi connectivity index (χ1v) is 10.6. The fourth-order valence-electron chi connectivity index (χ4n) is 2.99. The van der Waals surface area contributed by atoms with E-state index in [1.165, 1.54) is 22.7 Å². The molecule has 0 unspecified atom stereocenters. The Balaban J connectivity index is 1.81. The van der Waals surface area contributed by atoms with Gasteiger partial charge in [-0.15, -0.1) is 11.3 Å². The van der Waals surface area contributed by atoms with Crippen molar-refractivity contribution in [3.05, 3.63) is 52.3 Å². The van der Waals surface area contributed by atoms with Gasteiger partial charge in [0.15, 0.2) is 4.80 Å². The summed E-state index contributed by atoms with van der Waals surface area (Å²) in [6.45, 7) is 3.73. The molecule has 2 aromatic carbocycles. The Kier molecular flexibility index (Phi) is 5.52. The largest absolute Gasteiger partial charge is 0.495 e. The van der Waals surface area contributed by atoms with Crippen molar-refractivity contribution in [3.8, 4) is 5.75 Å². The first-order valence-electron chi connectivity index (χ1n) is 8.87. The average molecular weight is 414 g/mol. The number of rotatable bonds is 6. The van der Waals surface area contributed by atoms with E-state index < -0.39 is 0 Å². The third kappa shape index (κ3) is 3.58. The highest BCUT2D eigenvalue weighted by atomic mass is 32.1. The summed E-state index contributed by atoms with van der Waals surface area (Å²) in [6.07, 6.45) is 0. The van der Waals surface area contributed by atoms with E-state index in [9.17, 15) is 4.79 Å². The van der Waals surface area contributed by atoms with Crippen LogP contribution in [0.25, 0.3) is 20.4 Å². The van der Waals surface area contributed by atoms with Gasteiger partial charge in [0, 0.05) is 18.7 Å². The van der Waals surface area contributed by atoms with E-state index in [-0.39, 0.29) is 5.91 Å². The molecule has 8 heteroatoms. The predicted molar refractivity (Wildman–Crippen MR) is 112 cm³/mol. The quantitative estimate of drug-likeness (QED) is 0.447. The van der Waals surface area contributed by atoms with Crippen molar-refractivity contribution in [1.82, 2.24) is 9.55 Å². The molecule has 28 heavy (non-hydrogen) atoms. The molecule has 0 aliphatic heterocycles. The second-order valence-corrected chi connectivity index (χ2v) is 7.89. The summed E-state index contributed by atoms with van der Waals surface area (Å²) in [6, 6.07) is 11.3. The van der Waals surface area contributed by atoms with Crippen LogP contribution in [0.2, 0.25) is 0 Å². The van der Waals surface area contributed by atoms with Gasteiger partial charge in [0.05, 0.1) is 34.1 Å². The van der Waals surface area contributed by atoms with E-state index in [0.717, 1.165) is 26.2 Å². The van der Waals surface area contributed by atoms with Crippen LogP contribution in [0.1, 0.15) is 17.3 Å². The number of ether oxygens (including phenoxy) is 2. The average Bonchev–Trinajstić information content (AvgIpc) is 3.32. The van der Waals surface area contributed by atoms with Gasteiger partial charge in [0.1, 0.15) is 11.3 Å². The zero-order valence-corrected chi connectivity index (χ0v) is 17.2. The second kappa shape index (κ2) is 8.22. The number of methoxy groups -OCH3 is 1. The van der Waals surface area contributed by atoms with Crippen LogP contribution in [0.15, 0.2) is 46.9 Å². The molecule has 0 spiro atoms. The zero-order valence-electron chi connectivity index (χ0n) is 15.5. The number of aromatic nitrogens is 2. The summed E-state index contributed by atoms with van der Waals surface area (Å²) >= 11 is 2.98. The molecule has 6 nitrogen and oxygen atoms in total. The first kappa shape index (κ1) is 18.8. The third-order valence-corrected chi connectivity index (χ3v) is 6.16. The van der Waals surface area contributed by atoms with E-state index in [2.05, 4.69) is 9.98 Å². The molecular weight excluding hydrogens is 394 g/mol. The number of hydrogen-bond donors (Lipinski definition) is 0. The van der Waals surface area contributed by atoms with Crippen molar-refractivity contribution in [2.45, 2.75) is 13.5 Å². The van der Waals surface area contributed by atoms with Crippen LogP contribution >= 0.6 is 22.7 Å². The van der Waals surface area contributed by atoms with Crippen molar-refractivity contribution in [2.24, 2.45) is 4.99 Å². The Hall–Kier alpha value is -2.55. The Labute approximate surface area is 169 Å². The molecule has 0 bridgehead atoms. The van der Waals surface area contributed by atoms with Crippen molar-refractivity contribution in [3.63, 3.8) is 0 Å². The molecular formula is C20H19N3O3S2. The molecule has 4 rings (SSSR count). The fourth-order valence-corrected chi connectivity index (χ4v) is 4.78. The Morgan fingerprint density at radius 1 is 1.25 bits per heavy atom. The van der Waals surface area contributed by atoms with E-state index in [4.69, 9.17) is 9.47 Å². The summed E-state index contributed by atoms with van der Waals surface area (Å²) in [4.78, 5) is 22.2. The molecule has 0 fully saturated rings. The van der Waals surface area contributed by atoms with Crippen LogP contribution in [-0.4, -0.2) is 35.8 Å². The number of carbonyl (C=O) groups excluding carboxylic acids is 1. The van der Waals surface area contributed by atoms with Gasteiger partial charge in [-0.1, -0.05) is 17.4 Å². The molecule has 2 heterocycles. The lowest BCUT2D eigenvalue weighted by atomic mass is 10.2. The van der Waals surface area contributed by atoms with Gasteiger partial charge < -0.3 is 14.0 Å². The molecule has 0 radical (unpaired) electrons. The lowest BCUT2D eigenvalue weighted by Gasteiger charge is -2.08. The van der Waals surface area contributed by atoms with Gasteiger partial charge in [0.25, 0.3) is 5.91 Å². The number of amides is 1. The van der Waals surface area contributed by atoms with Crippen LogP contribution < -0.4 is 9.54 Å². The van der Waals surface area contributed by atoms with Crippen LogP contribution in [-0.2, 0) is 11.3 Å². The Bertz CT molecular complexity index is 1210. The maximum atomic E-state index is 12.8. The predicted octanol–water partition coefficient (Wildman–Crippen LogP) is 4.10. The molecule has 0 atom stereocenters. The van der Waals surface area contributed by atoms with Crippen LogP contribution in [0, 0.1) is 0 Å². The number of nitrogens with zero attached hydrogens (tertiary/aromatic N) is 3. The number of carbonyl (C=O) groups is 1. The minimum absolute atomic E-state index is 0.272. The van der Waals surface area contributed by atoms with Crippen molar-refractivity contribution >= 4 is 49.0 Å². The smallest absolute Gasteiger partial charge is 0.279 e. The molecule has 1 amide bonds. The number of fused-ring (bicyclic) bond motifs is 2. The van der Waals surface area contributed by atoms with Gasteiger partial charge in [0.2, 0.25) is 0 Å². The van der Waals surface area contributed by atoms with Crippen molar-refractivity contribution < 1.29 is 14.3 Å². The van der Waals surface area contributed by atoms with Crippen LogP contribution in [0.3, 0.4) is 0 Å². The van der Waals surface area contributed by atoms with Crippen molar-refractivity contribution in [1.29, 1.82) is 0 Å². The topological polar surface area (TPSA) is 65.7 Å². The normalized spacial score (nSPS) is 12.1. The first-order chi connectivity index (χ1) is 13.7. The maximum Gasteiger partial charge on any atom is 0.279 e. The van der Waals surface area contributed by atoms with Crippen molar-refractivity contribution in [2.75, 3.05) is 20.3 Å². The summed E-state index contributed by atoms with van der Waals surface area (Å²) in [5.41, 5.74) is 4.15. The molecule has 0 aliphatic rings. The molecule has 0 saturated carbocycles. The summed E-state index contributed by atoms with van der Waals surface area (Å²) in [5.74, 6) is 0.483. The summed E-state index contributed by atoms with van der Waals surface area (Å²) in [7, 11) is 1.64. The Morgan fingerprint density at radius 2 is 2.14 bits per heavy atom. The van der Waals surface area contributed by atoms with E-state index in [0.29, 0.717) is 30.1 Å². The number of hydrogen-bond acceptors (Lipinski definition) is 6. The summed E-state index contributed by atoms with van der Waals surface area (Å²) < 4.78 is 15.0. The zero-order chi connectivity index (χ0) is 19.5. The highest BCUT2D eigenvalue weighted by Gasteiger charge is 2.13. The molecule has 0 N–H and O–H groups in total. The maximum absolute atomic E-state index is 12.8. The van der Waals surface area contributed by atoms with Gasteiger partial charge in [-0.05, 0) is 37.3 Å². The van der Waals surface area contributed by atoms with Crippen LogP contribution in [0.4, 0.5) is 0 Å². The summed E-state index contributed by atoms with van der Waals surface area (Å²) in [5, 5.41) is 0. The van der Waals surface area contributed by atoms with E-state index >= 15 is 0 Å². The van der Waals surface area contributed by atoms with Crippen LogP contribution in [0.5, 0.6) is 5.75 Å². The molecule has 4 aromatic rings. The monoisotopic (exact) mass is 413 g/mol. The van der Waals surface area contributed by atoms with E-state index in [1.54, 1.807) is 18.7 Å². The minimum Gasteiger partial charge on any atom is -0.495 e. The molecule has 0 saturated heterocycles.